The van der Waals surface area contributed by atoms with Gasteiger partial charge >= 0.3 is 0 Å². The van der Waals surface area contributed by atoms with Crippen molar-refractivity contribution in [3.63, 3.8) is 0 Å². The summed E-state index contributed by atoms with van der Waals surface area (Å²) < 4.78 is 57.6. The molecule has 1 amide bonds. The number of anilines is 1. The van der Waals surface area contributed by atoms with E-state index in [4.69, 9.17) is 15.2 Å². The zero-order chi connectivity index (χ0) is 23.6. The number of carbonyl (C=O) groups is 1. The first-order valence-electron chi connectivity index (χ1n) is 10.2. The molecule has 1 saturated heterocycles. The van der Waals surface area contributed by atoms with Crippen LogP contribution in [0.3, 0.4) is 0 Å². The van der Waals surface area contributed by atoms with Gasteiger partial charge in [0.15, 0.2) is 0 Å². The van der Waals surface area contributed by atoms with Crippen LogP contribution in [0.1, 0.15) is 23.0 Å². The average molecular weight is 465 g/mol. The first kappa shape index (κ1) is 22.8. The van der Waals surface area contributed by atoms with Crippen LogP contribution in [0.2, 0.25) is 0 Å². The van der Waals surface area contributed by atoms with E-state index in [9.17, 15) is 13.6 Å². The van der Waals surface area contributed by atoms with Gasteiger partial charge in [-0.3, -0.25) is 4.79 Å². The van der Waals surface area contributed by atoms with Crippen LogP contribution in [0.5, 0.6) is 5.88 Å². The molecule has 3 N–H and O–H groups in total. The standard InChI is InChI=1S/C21H22F3N5O4/c1-11-7-31-8-14-18(11)33-20(25)29-21(14,9-22)13-4-12(2-3-15(13)24)28-19(30)16-5-27-17(6-26-16)32-10-23/h2-6,11,14,18H,7-10H2,1H3,(H2,25,29)(H,28,30)/t11-,14+,18-,21-/m1/s1. The van der Waals surface area contributed by atoms with Gasteiger partial charge in [-0.2, -0.15) is 0 Å². The van der Waals surface area contributed by atoms with Crippen LogP contribution in [-0.4, -0.2) is 54.7 Å². The smallest absolute Gasteiger partial charge is 0.283 e. The van der Waals surface area contributed by atoms with Gasteiger partial charge in [-0.05, 0) is 18.2 Å². The summed E-state index contributed by atoms with van der Waals surface area (Å²) in [5.74, 6) is -2.21. The summed E-state index contributed by atoms with van der Waals surface area (Å²) in [6.07, 6.45) is 1.68. The highest BCUT2D eigenvalue weighted by Crippen LogP contribution is 2.45. The summed E-state index contributed by atoms with van der Waals surface area (Å²) >= 11 is 0. The number of alkyl halides is 2. The van der Waals surface area contributed by atoms with Gasteiger partial charge in [0.05, 0.1) is 31.5 Å². The van der Waals surface area contributed by atoms with Crippen molar-refractivity contribution >= 4 is 17.6 Å². The summed E-state index contributed by atoms with van der Waals surface area (Å²) in [6.45, 7) is 0.235. The Balaban J connectivity index is 1.66. The van der Waals surface area contributed by atoms with E-state index in [1.165, 1.54) is 12.1 Å². The fraction of sp³-hybridized carbons (Fsp3) is 0.429. The first-order valence-corrected chi connectivity index (χ1v) is 10.2. The van der Waals surface area contributed by atoms with Gasteiger partial charge < -0.3 is 25.3 Å². The van der Waals surface area contributed by atoms with Crippen LogP contribution in [0.25, 0.3) is 0 Å². The number of hydrogen-bond donors (Lipinski definition) is 2. The second-order valence-electron chi connectivity index (χ2n) is 7.85. The molecular weight excluding hydrogens is 443 g/mol. The number of halogens is 3. The number of nitrogens with two attached hydrogens (primary N) is 1. The Morgan fingerprint density at radius 3 is 2.82 bits per heavy atom. The average Bonchev–Trinajstić information content (AvgIpc) is 2.81. The molecule has 0 bridgehead atoms. The summed E-state index contributed by atoms with van der Waals surface area (Å²) in [5.41, 5.74) is 4.17. The van der Waals surface area contributed by atoms with Crippen LogP contribution >= 0.6 is 0 Å². The number of amides is 1. The minimum atomic E-state index is -1.68. The van der Waals surface area contributed by atoms with Crippen LogP contribution in [-0.2, 0) is 15.0 Å². The quantitative estimate of drug-likeness (QED) is 0.672. The largest absolute Gasteiger partial charge is 0.461 e. The maximum atomic E-state index is 15.0. The van der Waals surface area contributed by atoms with E-state index in [-0.39, 0.29) is 41.4 Å². The molecule has 2 aliphatic heterocycles. The van der Waals surface area contributed by atoms with Gasteiger partial charge in [0.25, 0.3) is 11.9 Å². The fourth-order valence-corrected chi connectivity index (χ4v) is 4.18. The minimum absolute atomic E-state index is 0.0838. The molecule has 1 fully saturated rings. The van der Waals surface area contributed by atoms with Crippen molar-refractivity contribution in [1.82, 2.24) is 9.97 Å². The molecule has 3 heterocycles. The lowest BCUT2D eigenvalue weighted by atomic mass is 9.72. The van der Waals surface area contributed by atoms with Crippen LogP contribution < -0.4 is 15.8 Å². The number of amidine groups is 1. The van der Waals surface area contributed by atoms with Gasteiger partial charge in [-0.1, -0.05) is 6.92 Å². The maximum Gasteiger partial charge on any atom is 0.283 e. The number of carbonyl (C=O) groups excluding carboxylic acids is 1. The highest BCUT2D eigenvalue weighted by atomic mass is 19.1. The summed E-state index contributed by atoms with van der Waals surface area (Å²) in [4.78, 5) is 24.3. The predicted octanol–water partition coefficient (Wildman–Crippen LogP) is 2.33. The number of aromatic nitrogens is 2. The number of nitrogens with one attached hydrogen (secondary N) is 1. The van der Waals surface area contributed by atoms with E-state index < -0.39 is 42.8 Å². The topological polar surface area (TPSA) is 121 Å². The van der Waals surface area contributed by atoms with Gasteiger partial charge in [0.1, 0.15) is 29.8 Å². The third-order valence-electron chi connectivity index (χ3n) is 5.77. The molecule has 2 aliphatic rings. The Labute approximate surface area is 187 Å². The SMILES string of the molecule is C[C@@H]1COC[C@H]2[C@@H]1OC(N)=N[C@]2(CF)c1cc(NC(=O)c2cnc(OCF)cn2)ccc1F. The van der Waals surface area contributed by atoms with E-state index in [1.54, 1.807) is 0 Å². The molecule has 0 radical (unpaired) electrons. The molecule has 0 spiro atoms. The highest BCUT2D eigenvalue weighted by Gasteiger charge is 2.53. The minimum Gasteiger partial charge on any atom is -0.461 e. The third-order valence-corrected chi connectivity index (χ3v) is 5.77. The van der Waals surface area contributed by atoms with Crippen molar-refractivity contribution in [3.8, 4) is 5.88 Å². The number of hydrogen-bond acceptors (Lipinski definition) is 8. The Bertz CT molecular complexity index is 1050. The van der Waals surface area contributed by atoms with Crippen molar-refractivity contribution < 1.29 is 32.2 Å². The van der Waals surface area contributed by atoms with Crippen LogP contribution in [0.4, 0.5) is 18.9 Å². The van der Waals surface area contributed by atoms with Gasteiger partial charge in [-0.25, -0.2) is 28.1 Å². The van der Waals surface area contributed by atoms with Gasteiger partial charge in [-0.15, -0.1) is 0 Å². The molecule has 4 atom stereocenters. The molecule has 2 aromatic rings. The summed E-state index contributed by atoms with van der Waals surface area (Å²) in [5, 5.41) is 2.56. The number of fused-ring (bicyclic) bond motifs is 1. The Morgan fingerprint density at radius 1 is 1.30 bits per heavy atom. The van der Waals surface area contributed by atoms with E-state index in [0.29, 0.717) is 6.61 Å². The number of ether oxygens (including phenoxy) is 3. The Kier molecular flexibility index (Phi) is 6.36. The van der Waals surface area contributed by atoms with E-state index >= 15 is 4.39 Å². The lowest BCUT2D eigenvalue weighted by Gasteiger charge is -2.47. The molecule has 1 aromatic heterocycles. The third kappa shape index (κ3) is 4.30. The number of benzene rings is 1. The molecule has 9 nitrogen and oxygen atoms in total. The van der Waals surface area contributed by atoms with Crippen molar-refractivity contribution in [2.75, 3.05) is 32.1 Å². The van der Waals surface area contributed by atoms with Crippen LogP contribution in [0.15, 0.2) is 35.6 Å². The molecule has 0 unspecified atom stereocenters. The van der Waals surface area contributed by atoms with E-state index in [0.717, 1.165) is 18.5 Å². The Hall–Kier alpha value is -3.41. The van der Waals surface area contributed by atoms with Gasteiger partial charge in [0.2, 0.25) is 12.7 Å². The molecule has 176 valence electrons. The number of aliphatic imine (C=N–C) groups is 1. The van der Waals surface area contributed by atoms with E-state index in [1.807, 2.05) is 6.92 Å². The first-order chi connectivity index (χ1) is 15.9. The summed E-state index contributed by atoms with van der Waals surface area (Å²) in [7, 11) is 0. The van der Waals surface area contributed by atoms with Crippen molar-refractivity contribution in [2.45, 2.75) is 18.6 Å². The molecule has 12 heteroatoms. The zero-order valence-electron chi connectivity index (χ0n) is 17.6. The monoisotopic (exact) mass is 465 g/mol. The molecule has 33 heavy (non-hydrogen) atoms. The van der Waals surface area contributed by atoms with Gasteiger partial charge in [0, 0.05) is 17.2 Å². The molecule has 0 aliphatic carbocycles. The van der Waals surface area contributed by atoms with Crippen molar-refractivity contribution in [2.24, 2.45) is 22.6 Å². The Morgan fingerprint density at radius 2 is 2.12 bits per heavy atom. The highest BCUT2D eigenvalue weighted by molar-refractivity contribution is 6.02. The lowest BCUT2D eigenvalue weighted by molar-refractivity contribution is -0.109. The lowest BCUT2D eigenvalue weighted by Crippen LogP contribution is -2.57. The second-order valence-corrected chi connectivity index (χ2v) is 7.85. The van der Waals surface area contributed by atoms with Crippen molar-refractivity contribution in [1.29, 1.82) is 0 Å². The molecule has 4 rings (SSSR count). The van der Waals surface area contributed by atoms with Crippen LogP contribution in [0, 0.1) is 17.7 Å². The second kappa shape index (κ2) is 9.22. The molecule has 0 saturated carbocycles. The number of nitrogens with zero attached hydrogens (tertiary/aromatic N) is 3. The molecule has 1 aromatic carbocycles. The summed E-state index contributed by atoms with van der Waals surface area (Å²) in [6, 6.07) is 3.50. The van der Waals surface area contributed by atoms with Crippen molar-refractivity contribution in [3.05, 3.63) is 47.7 Å². The maximum absolute atomic E-state index is 15.0. The number of rotatable bonds is 6. The fourth-order valence-electron chi connectivity index (χ4n) is 4.18. The normalized spacial score (nSPS) is 26.5. The van der Waals surface area contributed by atoms with E-state index in [2.05, 4.69) is 25.0 Å². The predicted molar refractivity (Wildman–Crippen MR) is 111 cm³/mol. The zero-order valence-corrected chi connectivity index (χ0v) is 17.6. The molecular formula is C21H22F3N5O4.